The summed E-state index contributed by atoms with van der Waals surface area (Å²) in [5.41, 5.74) is 0.979. The van der Waals surface area contributed by atoms with Crippen molar-refractivity contribution in [2.24, 2.45) is 0 Å². The smallest absolute Gasteiger partial charge is 0.311 e. The number of nitrogens with one attached hydrogen (secondary N) is 1. The lowest BCUT2D eigenvalue weighted by molar-refractivity contribution is -0.384. The molecule has 2 fully saturated rings. The van der Waals surface area contributed by atoms with Crippen molar-refractivity contribution in [3.05, 3.63) is 58.1 Å². The van der Waals surface area contributed by atoms with E-state index in [1.54, 1.807) is 6.07 Å². The van der Waals surface area contributed by atoms with Gasteiger partial charge in [0, 0.05) is 58.4 Å². The largest absolute Gasteiger partial charge is 0.379 e. The van der Waals surface area contributed by atoms with E-state index in [4.69, 9.17) is 4.74 Å². The molecule has 10 nitrogen and oxygen atoms in total. The number of anilines is 2. The highest BCUT2D eigenvalue weighted by molar-refractivity contribution is 5.79. The van der Waals surface area contributed by atoms with Gasteiger partial charge in [0.05, 0.1) is 24.6 Å². The second kappa shape index (κ2) is 11.1. The zero-order valence-electron chi connectivity index (χ0n) is 18.7. The molecule has 1 amide bonds. The van der Waals surface area contributed by atoms with Crippen LogP contribution in [0.4, 0.5) is 17.3 Å². The van der Waals surface area contributed by atoms with Crippen LogP contribution in [0.25, 0.3) is 0 Å². The van der Waals surface area contributed by atoms with Gasteiger partial charge in [-0.3, -0.25) is 19.8 Å². The van der Waals surface area contributed by atoms with Crippen LogP contribution in [0, 0.1) is 10.1 Å². The summed E-state index contributed by atoms with van der Waals surface area (Å²) in [7, 11) is 0. The van der Waals surface area contributed by atoms with E-state index in [0.29, 0.717) is 58.2 Å². The number of aromatic nitrogens is 1. The molecule has 0 atom stereocenters. The Morgan fingerprint density at radius 3 is 2.45 bits per heavy atom. The maximum absolute atomic E-state index is 12.6. The number of hydrogen-bond donors (Lipinski definition) is 1. The Hall–Kier alpha value is -3.24. The van der Waals surface area contributed by atoms with Crippen LogP contribution in [0.2, 0.25) is 0 Å². The van der Waals surface area contributed by atoms with Gasteiger partial charge in [-0.05, 0) is 11.6 Å². The zero-order chi connectivity index (χ0) is 23.0. The molecule has 2 aliphatic rings. The van der Waals surface area contributed by atoms with E-state index in [9.17, 15) is 14.9 Å². The summed E-state index contributed by atoms with van der Waals surface area (Å²) in [4.78, 5) is 34.5. The molecule has 0 aliphatic carbocycles. The second-order valence-corrected chi connectivity index (χ2v) is 8.21. The van der Waals surface area contributed by atoms with Gasteiger partial charge in [0.25, 0.3) is 0 Å². The molecule has 2 saturated heterocycles. The number of nitrogens with zero attached hydrogens (tertiary/aromatic N) is 5. The molecule has 3 heterocycles. The van der Waals surface area contributed by atoms with Crippen LogP contribution in [-0.4, -0.2) is 91.2 Å². The Morgan fingerprint density at radius 1 is 1.03 bits per heavy atom. The van der Waals surface area contributed by atoms with Crippen molar-refractivity contribution in [1.29, 1.82) is 0 Å². The highest BCUT2D eigenvalue weighted by atomic mass is 16.6. The van der Waals surface area contributed by atoms with Gasteiger partial charge in [-0.25, -0.2) is 4.98 Å². The lowest BCUT2D eigenvalue weighted by atomic mass is 10.1. The normalized spacial score (nSPS) is 17.1. The van der Waals surface area contributed by atoms with Crippen molar-refractivity contribution >= 4 is 23.2 Å². The molecule has 0 spiro atoms. The SMILES string of the molecule is O=C(Cc1ccccc1)N1CCN(c2ccc([N+](=O)[O-])c(NCCN3CCOCC3)n2)CC1. The van der Waals surface area contributed by atoms with Crippen molar-refractivity contribution in [1.82, 2.24) is 14.8 Å². The van der Waals surface area contributed by atoms with E-state index in [-0.39, 0.29) is 17.4 Å². The molecule has 1 N–H and O–H groups in total. The standard InChI is InChI=1S/C23H30N6O4/c30-22(18-19-4-2-1-3-5-19)28-12-10-27(11-13-28)21-7-6-20(29(31)32)23(25-21)24-8-9-26-14-16-33-17-15-26/h1-7H,8-18H2,(H,24,25). The third-order valence-corrected chi connectivity index (χ3v) is 6.03. The first-order chi connectivity index (χ1) is 16.1. The monoisotopic (exact) mass is 454 g/mol. The third-order valence-electron chi connectivity index (χ3n) is 6.03. The lowest BCUT2D eigenvalue weighted by Crippen LogP contribution is -2.49. The van der Waals surface area contributed by atoms with E-state index < -0.39 is 4.92 Å². The maximum Gasteiger partial charge on any atom is 0.311 e. The van der Waals surface area contributed by atoms with Crippen molar-refractivity contribution < 1.29 is 14.5 Å². The van der Waals surface area contributed by atoms with Gasteiger partial charge in [-0.2, -0.15) is 0 Å². The van der Waals surface area contributed by atoms with Crippen molar-refractivity contribution in [2.75, 3.05) is 75.8 Å². The summed E-state index contributed by atoms with van der Waals surface area (Å²) in [6.07, 6.45) is 0.397. The predicted octanol–water partition coefficient (Wildman–Crippen LogP) is 1.63. The van der Waals surface area contributed by atoms with Crippen LogP contribution in [0.5, 0.6) is 0 Å². The molecule has 0 radical (unpaired) electrons. The summed E-state index contributed by atoms with van der Waals surface area (Å²) in [6, 6.07) is 12.9. The average molecular weight is 455 g/mol. The number of ether oxygens (including phenoxy) is 1. The number of carbonyl (C=O) groups excluding carboxylic acids is 1. The van der Waals surface area contributed by atoms with E-state index >= 15 is 0 Å². The topological polar surface area (TPSA) is 104 Å². The highest BCUT2D eigenvalue weighted by Crippen LogP contribution is 2.26. The summed E-state index contributed by atoms with van der Waals surface area (Å²) >= 11 is 0. The molecule has 0 unspecified atom stereocenters. The second-order valence-electron chi connectivity index (χ2n) is 8.21. The number of benzene rings is 1. The van der Waals surface area contributed by atoms with E-state index in [1.807, 2.05) is 35.2 Å². The third kappa shape index (κ3) is 6.17. The number of nitro groups is 1. The summed E-state index contributed by atoms with van der Waals surface area (Å²) in [6.45, 7) is 6.98. The minimum Gasteiger partial charge on any atom is -0.379 e. The molecular weight excluding hydrogens is 424 g/mol. The Balaban J connectivity index is 1.34. The van der Waals surface area contributed by atoms with E-state index in [2.05, 4.69) is 20.1 Å². The van der Waals surface area contributed by atoms with Crippen LogP contribution in [0.15, 0.2) is 42.5 Å². The van der Waals surface area contributed by atoms with Crippen molar-refractivity contribution in [3.63, 3.8) is 0 Å². The fraction of sp³-hybridized carbons (Fsp3) is 0.478. The lowest BCUT2D eigenvalue weighted by Gasteiger charge is -2.35. The minimum absolute atomic E-state index is 0.0302. The van der Waals surface area contributed by atoms with E-state index in [0.717, 1.165) is 25.2 Å². The van der Waals surface area contributed by atoms with Crippen LogP contribution in [-0.2, 0) is 16.0 Å². The van der Waals surface area contributed by atoms with Gasteiger partial charge in [0.15, 0.2) is 0 Å². The van der Waals surface area contributed by atoms with Gasteiger partial charge in [-0.15, -0.1) is 0 Å². The number of morpholine rings is 1. The highest BCUT2D eigenvalue weighted by Gasteiger charge is 2.24. The predicted molar refractivity (Wildman–Crippen MR) is 126 cm³/mol. The van der Waals surface area contributed by atoms with Crippen LogP contribution in [0.3, 0.4) is 0 Å². The summed E-state index contributed by atoms with van der Waals surface area (Å²) in [5, 5.41) is 14.6. The summed E-state index contributed by atoms with van der Waals surface area (Å²) < 4.78 is 5.36. The molecule has 2 aromatic rings. The fourth-order valence-electron chi connectivity index (χ4n) is 4.12. The van der Waals surface area contributed by atoms with E-state index in [1.165, 1.54) is 6.07 Å². The minimum atomic E-state index is -0.409. The van der Waals surface area contributed by atoms with Crippen LogP contribution >= 0.6 is 0 Å². The Labute approximate surface area is 193 Å². The number of amides is 1. The maximum atomic E-state index is 12.6. The molecule has 4 rings (SSSR count). The Bertz CT molecular complexity index is 943. The fourth-order valence-corrected chi connectivity index (χ4v) is 4.12. The molecule has 0 saturated carbocycles. The van der Waals surface area contributed by atoms with Gasteiger partial charge >= 0.3 is 5.69 Å². The van der Waals surface area contributed by atoms with Gasteiger partial charge in [0.1, 0.15) is 5.82 Å². The van der Waals surface area contributed by atoms with Crippen molar-refractivity contribution in [3.8, 4) is 0 Å². The van der Waals surface area contributed by atoms with Crippen LogP contribution < -0.4 is 10.2 Å². The molecule has 176 valence electrons. The first-order valence-corrected chi connectivity index (χ1v) is 11.4. The molecule has 0 bridgehead atoms. The number of piperazine rings is 1. The molecule has 2 aliphatic heterocycles. The van der Waals surface area contributed by atoms with Crippen LogP contribution in [0.1, 0.15) is 5.56 Å². The first kappa shape index (κ1) is 22.9. The zero-order valence-corrected chi connectivity index (χ0v) is 18.7. The van der Waals surface area contributed by atoms with Gasteiger partial charge in [0.2, 0.25) is 11.7 Å². The number of rotatable bonds is 8. The molecular formula is C23H30N6O4. The quantitative estimate of drug-likeness (QED) is 0.474. The Kier molecular flexibility index (Phi) is 7.69. The van der Waals surface area contributed by atoms with Crippen molar-refractivity contribution in [2.45, 2.75) is 6.42 Å². The molecule has 1 aromatic heterocycles. The number of hydrogen-bond acceptors (Lipinski definition) is 8. The Morgan fingerprint density at radius 2 is 1.76 bits per heavy atom. The molecule has 10 heteroatoms. The van der Waals surface area contributed by atoms with Gasteiger partial charge < -0.3 is 19.9 Å². The van der Waals surface area contributed by atoms with Gasteiger partial charge in [-0.1, -0.05) is 30.3 Å². The average Bonchev–Trinajstić information content (AvgIpc) is 2.85. The summed E-state index contributed by atoms with van der Waals surface area (Å²) in [5.74, 6) is 1.08. The number of pyridine rings is 1. The molecule has 1 aromatic carbocycles. The number of carbonyl (C=O) groups is 1. The first-order valence-electron chi connectivity index (χ1n) is 11.4. The molecule has 33 heavy (non-hydrogen) atoms.